The second-order valence-electron chi connectivity index (χ2n) is 4.62. The smallest absolute Gasteiger partial charge is 0.325 e. The second kappa shape index (κ2) is 7.20. The SMILES string of the molecule is CCOC(=O)CNC(=O)N(C)CC1CCCN1C. The summed E-state index contributed by atoms with van der Waals surface area (Å²) in [6, 6.07) is 0.187. The van der Waals surface area contributed by atoms with Gasteiger partial charge in [-0.05, 0) is 33.4 Å². The fourth-order valence-corrected chi connectivity index (χ4v) is 2.10. The number of esters is 1. The van der Waals surface area contributed by atoms with E-state index < -0.39 is 5.97 Å². The molecule has 0 aliphatic carbocycles. The maximum absolute atomic E-state index is 11.7. The average molecular weight is 257 g/mol. The molecule has 104 valence electrons. The molecule has 6 heteroatoms. The Morgan fingerprint density at radius 1 is 1.50 bits per heavy atom. The summed E-state index contributed by atoms with van der Waals surface area (Å²) in [7, 11) is 3.81. The summed E-state index contributed by atoms with van der Waals surface area (Å²) in [6.45, 7) is 3.77. The largest absolute Gasteiger partial charge is 0.465 e. The molecule has 6 nitrogen and oxygen atoms in total. The van der Waals surface area contributed by atoms with E-state index in [1.807, 2.05) is 0 Å². The molecule has 1 N–H and O–H groups in total. The number of amides is 2. The lowest BCUT2D eigenvalue weighted by atomic mass is 10.2. The zero-order chi connectivity index (χ0) is 13.5. The first-order valence-corrected chi connectivity index (χ1v) is 6.39. The van der Waals surface area contributed by atoms with E-state index >= 15 is 0 Å². The summed E-state index contributed by atoms with van der Waals surface area (Å²) < 4.78 is 4.74. The molecule has 1 unspecified atom stereocenters. The molecule has 0 saturated carbocycles. The van der Waals surface area contributed by atoms with E-state index in [-0.39, 0.29) is 12.6 Å². The van der Waals surface area contributed by atoms with E-state index in [1.165, 1.54) is 6.42 Å². The Labute approximate surface area is 108 Å². The number of likely N-dealkylation sites (N-methyl/N-ethyl adjacent to an activating group) is 2. The number of carbonyl (C=O) groups is 2. The minimum absolute atomic E-state index is 0.0719. The van der Waals surface area contributed by atoms with Gasteiger partial charge in [-0.25, -0.2) is 4.79 Å². The molecular weight excluding hydrogens is 234 g/mol. The van der Waals surface area contributed by atoms with E-state index in [9.17, 15) is 9.59 Å². The summed E-state index contributed by atoms with van der Waals surface area (Å²) in [6.07, 6.45) is 2.30. The van der Waals surface area contributed by atoms with Gasteiger partial charge in [0.25, 0.3) is 0 Å². The van der Waals surface area contributed by atoms with Gasteiger partial charge >= 0.3 is 12.0 Å². The van der Waals surface area contributed by atoms with Gasteiger partial charge < -0.3 is 19.9 Å². The lowest BCUT2D eigenvalue weighted by Crippen LogP contribution is -2.45. The first kappa shape index (κ1) is 14.8. The highest BCUT2D eigenvalue weighted by Crippen LogP contribution is 2.15. The predicted molar refractivity (Wildman–Crippen MR) is 68.3 cm³/mol. The molecule has 0 aromatic rings. The molecule has 18 heavy (non-hydrogen) atoms. The lowest BCUT2D eigenvalue weighted by molar-refractivity contribution is -0.141. The summed E-state index contributed by atoms with van der Waals surface area (Å²) in [5, 5.41) is 2.55. The minimum atomic E-state index is -0.405. The maximum atomic E-state index is 11.7. The van der Waals surface area contributed by atoms with E-state index in [0.717, 1.165) is 13.0 Å². The Balaban J connectivity index is 2.26. The van der Waals surface area contributed by atoms with Crippen LogP contribution in [0.3, 0.4) is 0 Å². The molecule has 0 aromatic carbocycles. The number of nitrogens with one attached hydrogen (secondary N) is 1. The molecule has 1 aliphatic heterocycles. The van der Waals surface area contributed by atoms with E-state index in [1.54, 1.807) is 18.9 Å². The number of likely N-dealkylation sites (tertiary alicyclic amines) is 1. The topological polar surface area (TPSA) is 61.9 Å². The highest BCUT2D eigenvalue weighted by Gasteiger charge is 2.23. The molecule has 1 aliphatic rings. The van der Waals surface area contributed by atoms with Gasteiger partial charge in [-0.1, -0.05) is 0 Å². The molecular formula is C12H23N3O3. The fraction of sp³-hybridized carbons (Fsp3) is 0.833. The average Bonchev–Trinajstić information content (AvgIpc) is 2.72. The van der Waals surface area contributed by atoms with Crippen LogP contribution in [-0.4, -0.2) is 68.2 Å². The lowest BCUT2D eigenvalue weighted by Gasteiger charge is -2.25. The van der Waals surface area contributed by atoms with Crippen molar-refractivity contribution < 1.29 is 14.3 Å². The Morgan fingerprint density at radius 3 is 2.78 bits per heavy atom. The van der Waals surface area contributed by atoms with Crippen LogP contribution in [0.15, 0.2) is 0 Å². The Hall–Kier alpha value is -1.30. The van der Waals surface area contributed by atoms with E-state index in [4.69, 9.17) is 4.74 Å². The second-order valence-corrected chi connectivity index (χ2v) is 4.62. The number of carbonyl (C=O) groups excluding carboxylic acids is 2. The summed E-state index contributed by atoms with van der Waals surface area (Å²) in [5.74, 6) is -0.405. The van der Waals surface area contributed by atoms with Crippen LogP contribution in [0.4, 0.5) is 4.79 Å². The van der Waals surface area contributed by atoms with Crippen molar-refractivity contribution in [3.8, 4) is 0 Å². The quantitative estimate of drug-likeness (QED) is 0.719. The van der Waals surface area contributed by atoms with Crippen molar-refractivity contribution in [3.63, 3.8) is 0 Å². The van der Waals surface area contributed by atoms with Crippen LogP contribution in [0.25, 0.3) is 0 Å². The predicted octanol–water partition coefficient (Wildman–Crippen LogP) is 0.285. The van der Waals surface area contributed by atoms with Gasteiger partial charge in [-0.15, -0.1) is 0 Å². The number of urea groups is 1. The van der Waals surface area contributed by atoms with Gasteiger partial charge in [0.15, 0.2) is 0 Å². The van der Waals surface area contributed by atoms with Gasteiger partial charge in [-0.3, -0.25) is 4.79 Å². The third kappa shape index (κ3) is 4.52. The standard InChI is InChI=1S/C12H23N3O3/c1-4-18-11(16)8-13-12(17)15(3)9-10-6-5-7-14(10)2/h10H,4-9H2,1-3H3,(H,13,17). The number of hydrogen-bond acceptors (Lipinski definition) is 4. The molecule has 0 aromatic heterocycles. The van der Waals surface area contributed by atoms with Gasteiger partial charge in [-0.2, -0.15) is 0 Å². The molecule has 0 bridgehead atoms. The Kier molecular flexibility index (Phi) is 5.91. The van der Waals surface area contributed by atoms with Crippen molar-refractivity contribution in [1.82, 2.24) is 15.1 Å². The van der Waals surface area contributed by atoms with Crippen LogP contribution in [0.5, 0.6) is 0 Å². The van der Waals surface area contributed by atoms with Crippen LogP contribution >= 0.6 is 0 Å². The number of hydrogen-bond donors (Lipinski definition) is 1. The number of rotatable bonds is 5. The van der Waals surface area contributed by atoms with Crippen molar-refractivity contribution in [3.05, 3.63) is 0 Å². The van der Waals surface area contributed by atoms with Crippen LogP contribution in [0, 0.1) is 0 Å². The monoisotopic (exact) mass is 257 g/mol. The van der Waals surface area contributed by atoms with Gasteiger partial charge in [0.1, 0.15) is 6.54 Å². The van der Waals surface area contributed by atoms with Gasteiger partial charge in [0.05, 0.1) is 6.61 Å². The number of ether oxygens (including phenoxy) is 1. The van der Waals surface area contributed by atoms with E-state index in [0.29, 0.717) is 19.2 Å². The van der Waals surface area contributed by atoms with Gasteiger partial charge in [0.2, 0.25) is 0 Å². The first-order valence-electron chi connectivity index (χ1n) is 6.39. The van der Waals surface area contributed by atoms with Crippen molar-refractivity contribution in [2.24, 2.45) is 0 Å². The van der Waals surface area contributed by atoms with Gasteiger partial charge in [0, 0.05) is 19.6 Å². The Morgan fingerprint density at radius 2 is 2.22 bits per heavy atom. The van der Waals surface area contributed by atoms with Crippen molar-refractivity contribution in [2.45, 2.75) is 25.8 Å². The Bertz CT molecular complexity index is 296. The van der Waals surface area contributed by atoms with Crippen LogP contribution in [-0.2, 0) is 9.53 Å². The third-order valence-electron chi connectivity index (χ3n) is 3.19. The molecule has 0 spiro atoms. The molecule has 0 radical (unpaired) electrons. The third-order valence-corrected chi connectivity index (χ3v) is 3.19. The molecule has 1 fully saturated rings. The molecule has 2 amide bonds. The number of nitrogens with zero attached hydrogens (tertiary/aromatic N) is 2. The molecule has 1 rings (SSSR count). The highest BCUT2D eigenvalue weighted by molar-refractivity contribution is 5.80. The summed E-state index contributed by atoms with van der Waals surface area (Å²) in [4.78, 5) is 26.7. The van der Waals surface area contributed by atoms with Crippen LogP contribution < -0.4 is 5.32 Å². The van der Waals surface area contributed by atoms with Crippen molar-refractivity contribution in [1.29, 1.82) is 0 Å². The molecule has 1 saturated heterocycles. The van der Waals surface area contributed by atoms with Crippen LogP contribution in [0.2, 0.25) is 0 Å². The van der Waals surface area contributed by atoms with Crippen LogP contribution in [0.1, 0.15) is 19.8 Å². The molecule has 1 atom stereocenters. The fourth-order valence-electron chi connectivity index (χ4n) is 2.10. The zero-order valence-corrected chi connectivity index (χ0v) is 11.4. The maximum Gasteiger partial charge on any atom is 0.325 e. The summed E-state index contributed by atoms with van der Waals surface area (Å²) >= 11 is 0. The highest BCUT2D eigenvalue weighted by atomic mass is 16.5. The first-order chi connectivity index (χ1) is 8.54. The summed E-state index contributed by atoms with van der Waals surface area (Å²) in [5.41, 5.74) is 0. The van der Waals surface area contributed by atoms with E-state index in [2.05, 4.69) is 17.3 Å². The zero-order valence-electron chi connectivity index (χ0n) is 11.4. The minimum Gasteiger partial charge on any atom is -0.465 e. The normalized spacial score (nSPS) is 19.6. The van der Waals surface area contributed by atoms with Crippen molar-refractivity contribution in [2.75, 3.05) is 40.3 Å². The molecule has 1 heterocycles. The van der Waals surface area contributed by atoms with Crippen molar-refractivity contribution >= 4 is 12.0 Å².